The van der Waals surface area contributed by atoms with Crippen LogP contribution in [0.25, 0.3) is 0 Å². The second-order valence-corrected chi connectivity index (χ2v) is 6.79. The van der Waals surface area contributed by atoms with Gasteiger partial charge in [-0.25, -0.2) is 0 Å². The molecule has 1 fully saturated rings. The van der Waals surface area contributed by atoms with Gasteiger partial charge in [0.05, 0.1) is 0 Å². The average molecular weight is 240 g/mol. The van der Waals surface area contributed by atoms with Gasteiger partial charge < -0.3 is 10.2 Å². The van der Waals surface area contributed by atoms with Crippen molar-refractivity contribution in [3.63, 3.8) is 0 Å². The highest BCUT2D eigenvalue weighted by molar-refractivity contribution is 4.73. The van der Waals surface area contributed by atoms with E-state index in [4.69, 9.17) is 0 Å². The Morgan fingerprint density at radius 2 is 1.94 bits per heavy atom. The van der Waals surface area contributed by atoms with Gasteiger partial charge in [-0.3, -0.25) is 0 Å². The summed E-state index contributed by atoms with van der Waals surface area (Å²) in [5.74, 6) is 0. The zero-order valence-corrected chi connectivity index (χ0v) is 12.4. The zero-order chi connectivity index (χ0) is 12.7. The van der Waals surface area contributed by atoms with Crippen LogP contribution in [0, 0.1) is 5.41 Å². The number of nitrogens with one attached hydrogen (secondary N) is 1. The lowest BCUT2D eigenvalue weighted by molar-refractivity contribution is 0.158. The molecule has 0 aromatic heterocycles. The average Bonchev–Trinajstić information content (AvgIpc) is 2.24. The van der Waals surface area contributed by atoms with E-state index in [1.165, 1.54) is 58.3 Å². The van der Waals surface area contributed by atoms with Crippen molar-refractivity contribution in [2.75, 3.05) is 26.2 Å². The molecule has 0 saturated carbocycles. The van der Waals surface area contributed by atoms with Crippen molar-refractivity contribution in [3.05, 3.63) is 0 Å². The summed E-state index contributed by atoms with van der Waals surface area (Å²) in [6, 6.07) is 0.818. The second-order valence-electron chi connectivity index (χ2n) is 6.79. The van der Waals surface area contributed by atoms with Gasteiger partial charge in [-0.05, 0) is 64.2 Å². The molecular weight excluding hydrogens is 208 g/mol. The van der Waals surface area contributed by atoms with Gasteiger partial charge in [-0.2, -0.15) is 0 Å². The third-order valence-corrected chi connectivity index (χ3v) is 3.79. The minimum Gasteiger partial charge on any atom is -0.317 e. The van der Waals surface area contributed by atoms with E-state index in [2.05, 4.69) is 37.9 Å². The van der Waals surface area contributed by atoms with Crippen LogP contribution >= 0.6 is 0 Å². The Kier molecular flexibility index (Phi) is 6.50. The number of nitrogens with zero attached hydrogens (tertiary/aromatic N) is 1. The fourth-order valence-electron chi connectivity index (χ4n) is 2.49. The molecule has 0 bridgehead atoms. The summed E-state index contributed by atoms with van der Waals surface area (Å²) in [6.07, 6.45) is 6.81. The molecule has 2 nitrogen and oxygen atoms in total. The van der Waals surface area contributed by atoms with Crippen LogP contribution in [0.15, 0.2) is 0 Å². The standard InChI is InChI=1S/C15H32N2/c1-14-8-5-6-12-17(14)13-7-10-16-11-9-15(2,3)4/h14,16H,5-13H2,1-4H3. The van der Waals surface area contributed by atoms with Gasteiger partial charge in [-0.15, -0.1) is 0 Å². The van der Waals surface area contributed by atoms with E-state index in [0.717, 1.165) is 6.04 Å². The molecule has 1 saturated heterocycles. The normalized spacial score (nSPS) is 22.9. The Morgan fingerprint density at radius 3 is 2.59 bits per heavy atom. The first-order chi connectivity index (χ1) is 7.99. The van der Waals surface area contributed by atoms with Gasteiger partial charge >= 0.3 is 0 Å². The van der Waals surface area contributed by atoms with Crippen LogP contribution in [0.3, 0.4) is 0 Å². The van der Waals surface area contributed by atoms with Gasteiger partial charge in [0.1, 0.15) is 0 Å². The molecule has 0 spiro atoms. The van der Waals surface area contributed by atoms with Crippen molar-refractivity contribution in [1.82, 2.24) is 10.2 Å². The van der Waals surface area contributed by atoms with Crippen LogP contribution in [0.5, 0.6) is 0 Å². The first-order valence-electron chi connectivity index (χ1n) is 7.44. The molecule has 1 heterocycles. The van der Waals surface area contributed by atoms with Crippen LogP contribution < -0.4 is 5.32 Å². The fourth-order valence-corrected chi connectivity index (χ4v) is 2.49. The molecule has 0 amide bonds. The molecule has 102 valence electrons. The summed E-state index contributed by atoms with van der Waals surface area (Å²) >= 11 is 0. The number of piperidine rings is 1. The van der Waals surface area contributed by atoms with Crippen LogP contribution in [-0.4, -0.2) is 37.1 Å². The molecule has 1 unspecified atom stereocenters. The quantitative estimate of drug-likeness (QED) is 0.717. The second kappa shape index (κ2) is 7.38. The topological polar surface area (TPSA) is 15.3 Å². The summed E-state index contributed by atoms with van der Waals surface area (Å²) in [5, 5.41) is 3.57. The number of hydrogen-bond donors (Lipinski definition) is 1. The lowest BCUT2D eigenvalue weighted by Crippen LogP contribution is -2.39. The van der Waals surface area contributed by atoms with Crippen molar-refractivity contribution in [2.45, 2.75) is 65.8 Å². The largest absolute Gasteiger partial charge is 0.317 e. The first-order valence-corrected chi connectivity index (χ1v) is 7.44. The molecule has 1 aliphatic rings. The van der Waals surface area contributed by atoms with E-state index in [-0.39, 0.29) is 0 Å². The van der Waals surface area contributed by atoms with E-state index in [9.17, 15) is 0 Å². The Labute approximate surface area is 108 Å². The van der Waals surface area contributed by atoms with Crippen LogP contribution in [0.1, 0.15) is 59.8 Å². The number of hydrogen-bond acceptors (Lipinski definition) is 2. The van der Waals surface area contributed by atoms with Crippen molar-refractivity contribution in [2.24, 2.45) is 5.41 Å². The van der Waals surface area contributed by atoms with Crippen molar-refractivity contribution >= 4 is 0 Å². The van der Waals surface area contributed by atoms with Crippen LogP contribution in [0.4, 0.5) is 0 Å². The SMILES string of the molecule is CC1CCCCN1CCCNCCC(C)(C)C. The Balaban J connectivity index is 1.96. The third-order valence-electron chi connectivity index (χ3n) is 3.79. The lowest BCUT2D eigenvalue weighted by Gasteiger charge is -2.33. The van der Waals surface area contributed by atoms with E-state index in [1.54, 1.807) is 0 Å². The van der Waals surface area contributed by atoms with Crippen molar-refractivity contribution < 1.29 is 0 Å². The summed E-state index contributed by atoms with van der Waals surface area (Å²) in [6.45, 7) is 14.3. The molecule has 0 aliphatic carbocycles. The highest BCUT2D eigenvalue weighted by atomic mass is 15.2. The van der Waals surface area contributed by atoms with E-state index in [1.807, 2.05) is 0 Å². The Hall–Kier alpha value is -0.0800. The predicted molar refractivity (Wildman–Crippen MR) is 76.4 cm³/mol. The molecule has 0 aromatic rings. The maximum atomic E-state index is 3.57. The van der Waals surface area contributed by atoms with Gasteiger partial charge in [0.15, 0.2) is 0 Å². The van der Waals surface area contributed by atoms with Crippen LogP contribution in [0.2, 0.25) is 0 Å². The number of rotatable bonds is 6. The van der Waals surface area contributed by atoms with Gasteiger partial charge in [0.25, 0.3) is 0 Å². The highest BCUT2D eigenvalue weighted by Gasteiger charge is 2.17. The molecular formula is C15H32N2. The number of likely N-dealkylation sites (tertiary alicyclic amines) is 1. The monoisotopic (exact) mass is 240 g/mol. The third kappa shape index (κ3) is 7.05. The van der Waals surface area contributed by atoms with Gasteiger partial charge in [0, 0.05) is 6.04 Å². The first kappa shape index (κ1) is 15.0. The zero-order valence-electron chi connectivity index (χ0n) is 12.4. The smallest absolute Gasteiger partial charge is 0.00669 e. The minimum absolute atomic E-state index is 0.467. The van der Waals surface area contributed by atoms with Crippen LogP contribution in [-0.2, 0) is 0 Å². The molecule has 2 heteroatoms. The van der Waals surface area contributed by atoms with E-state index >= 15 is 0 Å². The summed E-state index contributed by atoms with van der Waals surface area (Å²) < 4.78 is 0. The molecule has 0 radical (unpaired) electrons. The predicted octanol–water partition coefficient (Wildman–Crippen LogP) is 3.28. The Morgan fingerprint density at radius 1 is 1.18 bits per heavy atom. The van der Waals surface area contributed by atoms with E-state index in [0.29, 0.717) is 5.41 Å². The fraction of sp³-hybridized carbons (Fsp3) is 1.00. The molecule has 17 heavy (non-hydrogen) atoms. The molecule has 1 rings (SSSR count). The maximum Gasteiger partial charge on any atom is 0.00669 e. The summed E-state index contributed by atoms with van der Waals surface area (Å²) in [4.78, 5) is 2.66. The maximum absolute atomic E-state index is 3.57. The van der Waals surface area contributed by atoms with Crippen molar-refractivity contribution in [1.29, 1.82) is 0 Å². The highest BCUT2D eigenvalue weighted by Crippen LogP contribution is 2.17. The molecule has 1 N–H and O–H groups in total. The Bertz CT molecular complexity index is 196. The van der Waals surface area contributed by atoms with E-state index < -0.39 is 0 Å². The van der Waals surface area contributed by atoms with Crippen molar-refractivity contribution in [3.8, 4) is 0 Å². The minimum atomic E-state index is 0.467. The summed E-state index contributed by atoms with van der Waals surface area (Å²) in [7, 11) is 0. The van der Waals surface area contributed by atoms with Gasteiger partial charge in [0.2, 0.25) is 0 Å². The van der Waals surface area contributed by atoms with Gasteiger partial charge in [-0.1, -0.05) is 27.2 Å². The molecule has 1 aliphatic heterocycles. The molecule has 1 atom stereocenters. The lowest BCUT2D eigenvalue weighted by atomic mass is 9.92. The molecule has 0 aromatic carbocycles. The summed E-state index contributed by atoms with van der Waals surface area (Å²) in [5.41, 5.74) is 0.467.